The number of hydrogen-bond acceptors (Lipinski definition) is 4. The molecule has 2 atom stereocenters. The molecule has 9 heteroatoms. The fraction of sp³-hybridized carbons (Fsp3) is 0.333. The number of alkyl halides is 4. The van der Waals surface area contributed by atoms with E-state index in [0.29, 0.717) is 12.2 Å². The summed E-state index contributed by atoms with van der Waals surface area (Å²) in [4.78, 5) is 22.9. The molecule has 0 radical (unpaired) electrons. The van der Waals surface area contributed by atoms with Crippen molar-refractivity contribution in [3.05, 3.63) is 58.7 Å². The van der Waals surface area contributed by atoms with Gasteiger partial charge in [-0.05, 0) is 54.8 Å². The SMILES string of the molecule is CCc1cc(Oc2ccc(C(F)(F)F)cc2C(C)F)ccc1CC1OC(=O)NC1=O. The van der Waals surface area contributed by atoms with Gasteiger partial charge in [-0.25, -0.2) is 9.18 Å². The fourth-order valence-corrected chi connectivity index (χ4v) is 3.18. The van der Waals surface area contributed by atoms with E-state index in [2.05, 4.69) is 5.32 Å². The molecule has 0 aliphatic carbocycles. The average molecular weight is 425 g/mol. The highest BCUT2D eigenvalue weighted by atomic mass is 19.4. The lowest BCUT2D eigenvalue weighted by molar-refractivity contribution is -0.137. The van der Waals surface area contributed by atoms with Crippen molar-refractivity contribution in [2.45, 2.75) is 45.1 Å². The number of alkyl carbamates (subject to hydrolysis) is 1. The number of halogens is 4. The minimum absolute atomic E-state index is 0.0168. The van der Waals surface area contributed by atoms with Crippen LogP contribution in [0.2, 0.25) is 0 Å². The Morgan fingerprint density at radius 1 is 1.13 bits per heavy atom. The quantitative estimate of drug-likeness (QED) is 0.641. The van der Waals surface area contributed by atoms with Gasteiger partial charge in [-0.3, -0.25) is 10.1 Å². The normalized spacial score (nSPS) is 17.5. The maximum Gasteiger partial charge on any atom is 0.416 e. The lowest BCUT2D eigenvalue weighted by Crippen LogP contribution is -2.26. The van der Waals surface area contributed by atoms with E-state index in [9.17, 15) is 27.2 Å². The fourth-order valence-electron chi connectivity index (χ4n) is 3.18. The predicted molar refractivity (Wildman–Crippen MR) is 99.0 cm³/mol. The molecule has 30 heavy (non-hydrogen) atoms. The number of amides is 2. The first kappa shape index (κ1) is 21.6. The van der Waals surface area contributed by atoms with Crippen LogP contribution in [-0.4, -0.2) is 18.1 Å². The summed E-state index contributed by atoms with van der Waals surface area (Å²) in [6.07, 6.45) is -7.23. The maximum atomic E-state index is 13.9. The smallest absolute Gasteiger partial charge is 0.416 e. The van der Waals surface area contributed by atoms with Crippen molar-refractivity contribution in [2.75, 3.05) is 0 Å². The lowest BCUT2D eigenvalue weighted by Gasteiger charge is -2.17. The summed E-state index contributed by atoms with van der Waals surface area (Å²) >= 11 is 0. The molecular formula is C21H19F4NO4. The molecule has 2 unspecified atom stereocenters. The van der Waals surface area contributed by atoms with Crippen LogP contribution >= 0.6 is 0 Å². The first-order valence-electron chi connectivity index (χ1n) is 9.24. The van der Waals surface area contributed by atoms with Crippen LogP contribution in [0.4, 0.5) is 22.4 Å². The zero-order valence-corrected chi connectivity index (χ0v) is 16.2. The van der Waals surface area contributed by atoms with Crippen molar-refractivity contribution in [3.63, 3.8) is 0 Å². The molecular weight excluding hydrogens is 406 g/mol. The molecule has 1 saturated heterocycles. The number of benzene rings is 2. The number of carbonyl (C=O) groups excluding carboxylic acids is 2. The van der Waals surface area contributed by atoms with E-state index >= 15 is 0 Å². The molecule has 0 spiro atoms. The summed E-state index contributed by atoms with van der Waals surface area (Å²) in [5.74, 6) is -0.226. The molecule has 0 saturated carbocycles. The highest BCUT2D eigenvalue weighted by molar-refractivity contribution is 6.00. The van der Waals surface area contributed by atoms with Crippen LogP contribution in [0, 0.1) is 0 Å². The van der Waals surface area contributed by atoms with Gasteiger partial charge in [0.15, 0.2) is 6.10 Å². The molecule has 2 aromatic carbocycles. The topological polar surface area (TPSA) is 64.6 Å². The van der Waals surface area contributed by atoms with Gasteiger partial charge in [0, 0.05) is 12.0 Å². The van der Waals surface area contributed by atoms with Gasteiger partial charge >= 0.3 is 12.3 Å². The van der Waals surface area contributed by atoms with Crippen molar-refractivity contribution < 1.29 is 36.6 Å². The van der Waals surface area contributed by atoms with E-state index in [1.165, 1.54) is 0 Å². The van der Waals surface area contributed by atoms with Crippen LogP contribution in [0.3, 0.4) is 0 Å². The summed E-state index contributed by atoms with van der Waals surface area (Å²) in [5.41, 5.74) is 0.390. The summed E-state index contributed by atoms with van der Waals surface area (Å²) < 4.78 is 63.3. The lowest BCUT2D eigenvalue weighted by atomic mass is 9.99. The number of hydrogen-bond donors (Lipinski definition) is 1. The molecule has 0 bridgehead atoms. The minimum atomic E-state index is -4.59. The van der Waals surface area contributed by atoms with Gasteiger partial charge in [0.2, 0.25) is 0 Å². The predicted octanol–water partition coefficient (Wildman–Crippen LogP) is 5.27. The molecule has 3 rings (SSSR count). The average Bonchev–Trinajstić information content (AvgIpc) is 2.99. The Balaban J connectivity index is 1.85. The standard InChI is InChI=1S/C21H19F4NO4/c1-3-12-8-15(6-4-13(12)9-18-19(27)26-20(28)30-18)29-17-7-5-14(21(23,24)25)10-16(17)11(2)22/h4-8,10-11,18H,3,9H2,1-2H3,(H,26,27,28). The van der Waals surface area contributed by atoms with Crippen molar-refractivity contribution in [1.29, 1.82) is 0 Å². The Bertz CT molecular complexity index is 972. The van der Waals surface area contributed by atoms with Crippen LogP contribution in [-0.2, 0) is 28.5 Å². The van der Waals surface area contributed by atoms with Crippen LogP contribution in [0.25, 0.3) is 0 Å². The van der Waals surface area contributed by atoms with Gasteiger partial charge in [0.05, 0.1) is 5.56 Å². The molecule has 1 heterocycles. The van der Waals surface area contributed by atoms with Crippen molar-refractivity contribution in [2.24, 2.45) is 0 Å². The number of rotatable bonds is 6. The largest absolute Gasteiger partial charge is 0.457 e. The Hall–Kier alpha value is -3.10. The zero-order valence-electron chi connectivity index (χ0n) is 16.2. The third-order valence-electron chi connectivity index (χ3n) is 4.72. The van der Waals surface area contributed by atoms with Crippen molar-refractivity contribution >= 4 is 12.0 Å². The highest BCUT2D eigenvalue weighted by Gasteiger charge is 2.33. The summed E-state index contributed by atoms with van der Waals surface area (Å²) in [6, 6.07) is 7.57. The van der Waals surface area contributed by atoms with E-state index in [4.69, 9.17) is 9.47 Å². The number of ether oxygens (including phenoxy) is 2. The van der Waals surface area contributed by atoms with Crippen molar-refractivity contribution in [3.8, 4) is 11.5 Å². The Kier molecular flexibility index (Phi) is 6.00. The number of aryl methyl sites for hydroxylation is 1. The molecule has 2 aromatic rings. The Labute approximate surface area is 170 Å². The van der Waals surface area contributed by atoms with Gasteiger partial charge in [-0.2, -0.15) is 13.2 Å². The number of imide groups is 1. The second kappa shape index (κ2) is 8.33. The number of cyclic esters (lactones) is 1. The summed E-state index contributed by atoms with van der Waals surface area (Å²) in [6.45, 7) is 3.01. The first-order valence-corrected chi connectivity index (χ1v) is 9.24. The third kappa shape index (κ3) is 4.72. The van der Waals surface area contributed by atoms with Crippen molar-refractivity contribution in [1.82, 2.24) is 5.32 Å². The molecule has 2 amide bonds. The number of carbonyl (C=O) groups is 2. The molecule has 1 fully saturated rings. The molecule has 0 aromatic heterocycles. The Morgan fingerprint density at radius 3 is 2.43 bits per heavy atom. The van der Waals surface area contributed by atoms with E-state index in [-0.39, 0.29) is 17.7 Å². The molecule has 1 aliphatic rings. The van der Waals surface area contributed by atoms with Gasteiger partial charge < -0.3 is 9.47 Å². The van der Waals surface area contributed by atoms with Gasteiger partial charge in [-0.1, -0.05) is 13.0 Å². The van der Waals surface area contributed by atoms with E-state index < -0.39 is 36.0 Å². The van der Waals surface area contributed by atoms with Gasteiger partial charge in [0.1, 0.15) is 17.7 Å². The monoisotopic (exact) mass is 425 g/mol. The van der Waals surface area contributed by atoms with Gasteiger partial charge in [0.25, 0.3) is 5.91 Å². The minimum Gasteiger partial charge on any atom is -0.457 e. The van der Waals surface area contributed by atoms with Crippen LogP contribution in [0.15, 0.2) is 36.4 Å². The molecule has 160 valence electrons. The first-order chi connectivity index (χ1) is 14.1. The van der Waals surface area contributed by atoms with E-state index in [1.54, 1.807) is 18.2 Å². The van der Waals surface area contributed by atoms with Crippen LogP contribution in [0.1, 0.15) is 42.3 Å². The highest BCUT2D eigenvalue weighted by Crippen LogP contribution is 2.38. The Morgan fingerprint density at radius 2 is 1.87 bits per heavy atom. The second-order valence-corrected chi connectivity index (χ2v) is 6.84. The summed E-state index contributed by atoms with van der Waals surface area (Å²) in [7, 11) is 0. The van der Waals surface area contributed by atoms with E-state index in [0.717, 1.165) is 36.2 Å². The maximum absolute atomic E-state index is 13.9. The van der Waals surface area contributed by atoms with Crippen LogP contribution < -0.4 is 10.1 Å². The second-order valence-electron chi connectivity index (χ2n) is 6.84. The third-order valence-corrected chi connectivity index (χ3v) is 4.72. The molecule has 1 N–H and O–H groups in total. The van der Waals surface area contributed by atoms with Gasteiger partial charge in [-0.15, -0.1) is 0 Å². The zero-order chi connectivity index (χ0) is 22.1. The van der Waals surface area contributed by atoms with E-state index in [1.807, 2.05) is 6.92 Å². The molecule has 5 nitrogen and oxygen atoms in total. The molecule has 1 aliphatic heterocycles. The summed E-state index contributed by atoms with van der Waals surface area (Å²) in [5, 5.41) is 2.06. The number of nitrogens with one attached hydrogen (secondary N) is 1. The van der Waals surface area contributed by atoms with Crippen LogP contribution in [0.5, 0.6) is 11.5 Å².